The van der Waals surface area contributed by atoms with Crippen molar-refractivity contribution >= 4 is 17.5 Å². The number of nitrogens with zero attached hydrogens (tertiary/aromatic N) is 3. The van der Waals surface area contributed by atoms with Gasteiger partial charge in [0.1, 0.15) is 11.4 Å². The largest absolute Gasteiger partial charge is 0.508 e. The van der Waals surface area contributed by atoms with Gasteiger partial charge in [0, 0.05) is 24.1 Å². The second-order valence-corrected chi connectivity index (χ2v) is 7.55. The monoisotopic (exact) mass is 437 g/mol. The number of amides is 2. The second-order valence-electron chi connectivity index (χ2n) is 7.55. The van der Waals surface area contributed by atoms with E-state index in [0.717, 1.165) is 30.4 Å². The lowest BCUT2D eigenvalue weighted by Crippen LogP contribution is -2.17. The maximum absolute atomic E-state index is 12.2. The number of phenolic OH excluding ortho intramolecular Hbond substituents is 1. The number of unbranched alkanes of at least 4 members (excludes halogenated alkanes) is 3. The zero-order chi connectivity index (χ0) is 22.8. The molecule has 0 aliphatic heterocycles. The standard InChI is InChI=1S/C23H27N5O4/c29-20-12-10-17(11-13-20)15-28-16-21(25-27-28)18-6-5-7-19(14-18)24-22(30)8-3-1-2-4-9-23(31)26-32/h5-7,10-14,16,29,32H,1-4,8-9,15H2,(H,24,30)(H,26,31). The molecule has 1 aromatic heterocycles. The van der Waals surface area contributed by atoms with Gasteiger partial charge in [0.15, 0.2) is 0 Å². The fraction of sp³-hybridized carbons (Fsp3) is 0.304. The third-order valence-electron chi connectivity index (χ3n) is 4.94. The first kappa shape index (κ1) is 23.0. The molecule has 0 atom stereocenters. The van der Waals surface area contributed by atoms with E-state index in [0.29, 0.717) is 30.8 Å². The Balaban J connectivity index is 1.48. The molecular formula is C23H27N5O4. The van der Waals surface area contributed by atoms with E-state index < -0.39 is 0 Å². The zero-order valence-electron chi connectivity index (χ0n) is 17.7. The summed E-state index contributed by atoms with van der Waals surface area (Å²) in [6.45, 7) is 0.536. The van der Waals surface area contributed by atoms with Crippen LogP contribution in [0.25, 0.3) is 11.3 Å². The Morgan fingerprint density at radius 3 is 2.38 bits per heavy atom. The summed E-state index contributed by atoms with van der Waals surface area (Å²) in [5, 5.41) is 29.1. The number of carbonyl (C=O) groups excluding carboxylic acids is 2. The van der Waals surface area contributed by atoms with Crippen LogP contribution < -0.4 is 10.8 Å². The number of rotatable bonds is 11. The van der Waals surface area contributed by atoms with Gasteiger partial charge in [-0.15, -0.1) is 5.10 Å². The van der Waals surface area contributed by atoms with Crippen molar-refractivity contribution in [1.29, 1.82) is 0 Å². The number of carbonyl (C=O) groups is 2. The molecule has 0 spiro atoms. The first-order valence-corrected chi connectivity index (χ1v) is 10.5. The Hall–Kier alpha value is -3.72. The molecule has 0 unspecified atom stereocenters. The molecule has 0 fully saturated rings. The van der Waals surface area contributed by atoms with Crippen LogP contribution in [0, 0.1) is 0 Å². The Labute approximate surface area is 186 Å². The van der Waals surface area contributed by atoms with Gasteiger partial charge in [0.05, 0.1) is 12.7 Å². The van der Waals surface area contributed by atoms with Crippen molar-refractivity contribution in [3.8, 4) is 17.0 Å². The lowest BCUT2D eigenvalue weighted by molar-refractivity contribution is -0.129. The van der Waals surface area contributed by atoms with Crippen molar-refractivity contribution in [3.05, 3.63) is 60.3 Å². The molecule has 168 valence electrons. The van der Waals surface area contributed by atoms with Gasteiger partial charge in [-0.2, -0.15) is 0 Å². The summed E-state index contributed by atoms with van der Waals surface area (Å²) in [6.07, 6.45) is 5.62. The number of hydrogen-bond donors (Lipinski definition) is 4. The van der Waals surface area contributed by atoms with Gasteiger partial charge >= 0.3 is 0 Å². The van der Waals surface area contributed by atoms with Crippen LogP contribution in [-0.4, -0.2) is 37.1 Å². The van der Waals surface area contributed by atoms with E-state index in [2.05, 4.69) is 15.6 Å². The molecule has 3 aromatic rings. The molecule has 4 N–H and O–H groups in total. The van der Waals surface area contributed by atoms with E-state index >= 15 is 0 Å². The lowest BCUT2D eigenvalue weighted by Gasteiger charge is -2.06. The third-order valence-corrected chi connectivity index (χ3v) is 4.94. The number of hydroxylamine groups is 1. The minimum Gasteiger partial charge on any atom is -0.508 e. The molecule has 0 radical (unpaired) electrons. The number of nitrogens with one attached hydrogen (secondary N) is 2. The fourth-order valence-corrected chi connectivity index (χ4v) is 3.26. The number of benzene rings is 2. The summed E-state index contributed by atoms with van der Waals surface area (Å²) in [5.74, 6) is -0.228. The van der Waals surface area contributed by atoms with Crippen LogP contribution >= 0.6 is 0 Å². The van der Waals surface area contributed by atoms with Crippen LogP contribution in [0.3, 0.4) is 0 Å². The molecule has 9 heteroatoms. The van der Waals surface area contributed by atoms with Crippen molar-refractivity contribution in [2.75, 3.05) is 5.32 Å². The molecule has 2 amide bonds. The van der Waals surface area contributed by atoms with Crippen LogP contribution in [0.4, 0.5) is 5.69 Å². The van der Waals surface area contributed by atoms with Gasteiger partial charge in [-0.1, -0.05) is 42.3 Å². The average Bonchev–Trinajstić information content (AvgIpc) is 3.26. The van der Waals surface area contributed by atoms with Crippen LogP contribution in [0.1, 0.15) is 44.1 Å². The molecule has 32 heavy (non-hydrogen) atoms. The normalized spacial score (nSPS) is 10.7. The molecule has 0 aliphatic carbocycles. The number of anilines is 1. The minimum atomic E-state index is -0.386. The Morgan fingerprint density at radius 2 is 1.66 bits per heavy atom. The van der Waals surface area contributed by atoms with Crippen molar-refractivity contribution in [1.82, 2.24) is 20.5 Å². The van der Waals surface area contributed by atoms with E-state index in [4.69, 9.17) is 5.21 Å². The summed E-state index contributed by atoms with van der Waals surface area (Å²) >= 11 is 0. The van der Waals surface area contributed by atoms with Crippen LogP contribution in [-0.2, 0) is 16.1 Å². The third kappa shape index (κ3) is 7.21. The van der Waals surface area contributed by atoms with Crippen LogP contribution in [0.5, 0.6) is 5.75 Å². The highest BCUT2D eigenvalue weighted by Crippen LogP contribution is 2.21. The number of phenols is 1. The molecular weight excluding hydrogens is 410 g/mol. The quantitative estimate of drug-likeness (QED) is 0.206. The predicted molar refractivity (Wildman–Crippen MR) is 119 cm³/mol. The Bertz CT molecular complexity index is 1030. The van der Waals surface area contributed by atoms with Crippen LogP contribution in [0.15, 0.2) is 54.7 Å². The highest BCUT2D eigenvalue weighted by molar-refractivity contribution is 5.91. The molecule has 0 aliphatic rings. The molecule has 3 rings (SSSR count). The topological polar surface area (TPSA) is 129 Å². The molecule has 9 nitrogen and oxygen atoms in total. The minimum absolute atomic E-state index is 0.0637. The van der Waals surface area contributed by atoms with E-state index in [9.17, 15) is 14.7 Å². The molecule has 0 saturated carbocycles. The number of aromatic nitrogens is 3. The van der Waals surface area contributed by atoms with E-state index in [1.54, 1.807) is 22.3 Å². The van der Waals surface area contributed by atoms with Gasteiger partial charge in [0.2, 0.25) is 11.8 Å². The van der Waals surface area contributed by atoms with Crippen molar-refractivity contribution in [3.63, 3.8) is 0 Å². The molecule has 0 bridgehead atoms. The average molecular weight is 438 g/mol. The van der Waals surface area contributed by atoms with Gasteiger partial charge in [0.25, 0.3) is 0 Å². The summed E-state index contributed by atoms with van der Waals surface area (Å²) in [4.78, 5) is 23.2. The SMILES string of the molecule is O=C(CCCCCCC(=O)Nc1cccc(-c2cn(Cc3ccc(O)cc3)nn2)c1)NO. The highest BCUT2D eigenvalue weighted by atomic mass is 16.5. The first-order valence-electron chi connectivity index (χ1n) is 10.5. The Kier molecular flexibility index (Phi) is 8.33. The smallest absolute Gasteiger partial charge is 0.243 e. The predicted octanol–water partition coefficient (Wildman–Crippen LogP) is 3.48. The van der Waals surface area contributed by atoms with E-state index in [1.165, 1.54) is 0 Å². The fourth-order valence-electron chi connectivity index (χ4n) is 3.26. The summed E-state index contributed by atoms with van der Waals surface area (Å²) in [5.41, 5.74) is 4.85. The van der Waals surface area contributed by atoms with Crippen molar-refractivity contribution < 1.29 is 19.9 Å². The Morgan fingerprint density at radius 1 is 0.938 bits per heavy atom. The first-order chi connectivity index (χ1) is 15.5. The maximum Gasteiger partial charge on any atom is 0.243 e. The lowest BCUT2D eigenvalue weighted by atomic mass is 10.1. The number of hydrogen-bond acceptors (Lipinski definition) is 6. The maximum atomic E-state index is 12.2. The second kappa shape index (κ2) is 11.6. The van der Waals surface area contributed by atoms with Gasteiger partial charge < -0.3 is 10.4 Å². The highest BCUT2D eigenvalue weighted by Gasteiger charge is 2.08. The van der Waals surface area contributed by atoms with E-state index in [1.807, 2.05) is 42.6 Å². The van der Waals surface area contributed by atoms with Crippen molar-refractivity contribution in [2.24, 2.45) is 0 Å². The zero-order valence-corrected chi connectivity index (χ0v) is 17.7. The van der Waals surface area contributed by atoms with Gasteiger partial charge in [-0.3, -0.25) is 14.8 Å². The van der Waals surface area contributed by atoms with E-state index in [-0.39, 0.29) is 24.0 Å². The molecule has 1 heterocycles. The summed E-state index contributed by atoms with van der Waals surface area (Å²) in [7, 11) is 0. The van der Waals surface area contributed by atoms with Crippen molar-refractivity contribution in [2.45, 2.75) is 45.1 Å². The molecule has 0 saturated heterocycles. The van der Waals surface area contributed by atoms with Crippen LogP contribution in [0.2, 0.25) is 0 Å². The van der Waals surface area contributed by atoms with Gasteiger partial charge in [-0.25, -0.2) is 10.2 Å². The molecule has 2 aromatic carbocycles. The summed E-state index contributed by atoms with van der Waals surface area (Å²) in [6, 6.07) is 14.4. The number of aromatic hydroxyl groups is 1. The summed E-state index contributed by atoms with van der Waals surface area (Å²) < 4.78 is 1.72. The van der Waals surface area contributed by atoms with Gasteiger partial charge in [-0.05, 0) is 42.7 Å².